The first-order valence-corrected chi connectivity index (χ1v) is 14.3. The van der Waals surface area contributed by atoms with Crippen molar-refractivity contribution >= 4 is 40.0 Å². The summed E-state index contributed by atoms with van der Waals surface area (Å²) in [4.78, 5) is 0. The average molecular weight is 166 g/mol. The molecule has 0 nitrogen and oxygen atoms in total. The van der Waals surface area contributed by atoms with Crippen molar-refractivity contribution in [1.29, 1.82) is 0 Å². The van der Waals surface area contributed by atoms with Crippen molar-refractivity contribution in [2.24, 2.45) is 0 Å². The normalized spacial score (nSPS) is 13.3. The molecular formula is C3H14SSi3. The summed E-state index contributed by atoms with van der Waals surface area (Å²) in [6.07, 6.45) is 1.41. The lowest BCUT2D eigenvalue weighted by molar-refractivity contribution is 1.10. The van der Waals surface area contributed by atoms with Crippen molar-refractivity contribution in [3.8, 4) is 0 Å². The molecule has 0 atom stereocenters. The van der Waals surface area contributed by atoms with Gasteiger partial charge in [0.25, 0.3) is 0 Å². The third-order valence-corrected chi connectivity index (χ3v) is 13.0. The van der Waals surface area contributed by atoms with Crippen molar-refractivity contribution in [3.63, 3.8) is 0 Å². The van der Waals surface area contributed by atoms with Gasteiger partial charge in [-0.2, -0.15) is 12.6 Å². The van der Waals surface area contributed by atoms with Gasteiger partial charge < -0.3 is 0 Å². The summed E-state index contributed by atoms with van der Waals surface area (Å²) in [5, 5.41) is 0. The smallest absolute Gasteiger partial charge is 0.00464 e. The van der Waals surface area contributed by atoms with E-state index in [2.05, 4.69) is 12.6 Å². The molecule has 0 radical (unpaired) electrons. The highest BCUT2D eigenvalue weighted by molar-refractivity contribution is 7.80. The first kappa shape index (κ1) is 8.00. The molecule has 0 unspecified atom stereocenters. The van der Waals surface area contributed by atoms with Crippen molar-refractivity contribution in [2.75, 3.05) is 5.75 Å². The maximum atomic E-state index is 4.14. The van der Waals surface area contributed by atoms with Gasteiger partial charge >= 0.3 is 0 Å². The zero-order valence-electron chi connectivity index (χ0n) is 4.98. The van der Waals surface area contributed by atoms with Gasteiger partial charge in [0.1, 0.15) is 0 Å². The Hall–Kier alpha value is 1.00. The van der Waals surface area contributed by atoms with Crippen LogP contribution in [-0.2, 0) is 0 Å². The summed E-state index contributed by atoms with van der Waals surface area (Å²) in [5.41, 5.74) is 0. The molecule has 0 aromatic heterocycles. The van der Waals surface area contributed by atoms with Crippen LogP contribution < -0.4 is 0 Å². The molecule has 0 N–H and O–H groups in total. The van der Waals surface area contributed by atoms with Gasteiger partial charge in [-0.25, -0.2) is 0 Å². The molecule has 44 valence electrons. The Balaban J connectivity index is 2.45. The molecule has 0 heterocycles. The maximum absolute atomic E-state index is 4.14. The van der Waals surface area contributed by atoms with E-state index < -0.39 is 0 Å². The lowest BCUT2D eigenvalue weighted by Gasteiger charge is -1.88. The SMILES string of the molecule is [SiH3][SiH2][SiH2]CCCS. The zero-order chi connectivity index (χ0) is 5.54. The number of rotatable bonds is 4. The van der Waals surface area contributed by atoms with Crippen molar-refractivity contribution in [1.82, 2.24) is 0 Å². The summed E-state index contributed by atoms with van der Waals surface area (Å²) >= 11 is 4.14. The summed E-state index contributed by atoms with van der Waals surface area (Å²) in [6.45, 7) is 0. The van der Waals surface area contributed by atoms with Gasteiger partial charge in [-0.3, -0.25) is 0 Å². The minimum Gasteiger partial charge on any atom is -0.179 e. The molecule has 0 aromatic carbocycles. The molecule has 0 spiro atoms. The lowest BCUT2D eigenvalue weighted by atomic mass is 10.6. The standard InChI is InChI=1S/C3H14SSi3/c4-2-1-3-6-7-5/h4H,1-3,6-7H2,5H3. The molecule has 0 fully saturated rings. The van der Waals surface area contributed by atoms with Crippen LogP contribution in [-0.4, -0.2) is 33.1 Å². The maximum Gasteiger partial charge on any atom is 0.00464 e. The summed E-state index contributed by atoms with van der Waals surface area (Å²) in [6, 6.07) is 1.60. The Morgan fingerprint density at radius 1 is 1.57 bits per heavy atom. The summed E-state index contributed by atoms with van der Waals surface area (Å²) in [5.74, 6) is 1.13. The second kappa shape index (κ2) is 7.00. The van der Waals surface area contributed by atoms with E-state index >= 15 is 0 Å². The molecule has 4 heteroatoms. The molecule has 0 aromatic rings. The average Bonchev–Trinajstić information content (AvgIpc) is 1.69. The van der Waals surface area contributed by atoms with Crippen LogP contribution in [0.25, 0.3) is 0 Å². The molecule has 0 rings (SSSR count). The van der Waals surface area contributed by atoms with Gasteiger partial charge in [0.2, 0.25) is 0 Å². The number of thiol groups is 1. The Kier molecular flexibility index (Phi) is 8.00. The largest absolute Gasteiger partial charge is 0.179 e. The number of hydrogen-bond acceptors (Lipinski definition) is 1. The second-order valence-corrected chi connectivity index (χ2v) is 18.8. The molecule has 0 aliphatic heterocycles. The van der Waals surface area contributed by atoms with Gasteiger partial charge in [0.05, 0.1) is 0 Å². The topological polar surface area (TPSA) is 0 Å². The fraction of sp³-hybridized carbons (Fsp3) is 1.00. The van der Waals surface area contributed by atoms with E-state index in [1.165, 1.54) is 6.42 Å². The summed E-state index contributed by atoms with van der Waals surface area (Å²) in [7, 11) is 2.78. The number of hydrogen-bond donors (Lipinski definition) is 1. The van der Waals surface area contributed by atoms with Gasteiger partial charge in [-0.1, -0.05) is 6.04 Å². The lowest BCUT2D eigenvalue weighted by Crippen LogP contribution is -2.01. The van der Waals surface area contributed by atoms with Crippen molar-refractivity contribution in [3.05, 3.63) is 0 Å². The third kappa shape index (κ3) is 7.00. The molecule has 7 heavy (non-hydrogen) atoms. The Morgan fingerprint density at radius 2 is 2.29 bits per heavy atom. The first-order valence-electron chi connectivity index (χ1n) is 3.02. The van der Waals surface area contributed by atoms with E-state index in [4.69, 9.17) is 0 Å². The Morgan fingerprint density at radius 3 is 2.71 bits per heavy atom. The van der Waals surface area contributed by atoms with Crippen LogP contribution in [0.5, 0.6) is 0 Å². The van der Waals surface area contributed by atoms with Crippen molar-refractivity contribution in [2.45, 2.75) is 12.5 Å². The molecular weight excluding hydrogens is 152 g/mol. The van der Waals surface area contributed by atoms with Crippen LogP contribution in [0.4, 0.5) is 0 Å². The minimum absolute atomic E-state index is 0.562. The highest BCUT2D eigenvalue weighted by Crippen LogP contribution is 1.88. The van der Waals surface area contributed by atoms with E-state index in [0.29, 0.717) is 17.6 Å². The van der Waals surface area contributed by atoms with Crippen LogP contribution in [0, 0.1) is 0 Å². The van der Waals surface area contributed by atoms with Gasteiger partial charge in [0.15, 0.2) is 0 Å². The second-order valence-electron chi connectivity index (χ2n) is 1.78. The van der Waals surface area contributed by atoms with Gasteiger partial charge in [-0.15, -0.1) is 0 Å². The molecule has 0 saturated heterocycles. The molecule has 0 saturated carbocycles. The fourth-order valence-corrected chi connectivity index (χ4v) is 9.35. The molecule has 0 aliphatic carbocycles. The zero-order valence-corrected chi connectivity index (χ0v) is 10.7. The first-order chi connectivity index (χ1) is 3.41. The predicted molar refractivity (Wildman–Crippen MR) is 50.3 cm³/mol. The van der Waals surface area contributed by atoms with Crippen LogP contribution in [0.3, 0.4) is 0 Å². The van der Waals surface area contributed by atoms with Crippen LogP contribution in [0.2, 0.25) is 6.04 Å². The van der Waals surface area contributed by atoms with Crippen LogP contribution in [0.1, 0.15) is 6.42 Å². The Labute approximate surface area is 58.5 Å². The van der Waals surface area contributed by atoms with Crippen molar-refractivity contribution < 1.29 is 0 Å². The third-order valence-electron chi connectivity index (χ3n) is 1.01. The van der Waals surface area contributed by atoms with E-state index in [1.807, 2.05) is 0 Å². The van der Waals surface area contributed by atoms with Crippen LogP contribution >= 0.6 is 12.6 Å². The van der Waals surface area contributed by atoms with Crippen LogP contribution in [0.15, 0.2) is 0 Å². The quantitative estimate of drug-likeness (QED) is 0.286. The van der Waals surface area contributed by atoms with Gasteiger partial charge in [-0.05, 0) is 30.5 Å². The van der Waals surface area contributed by atoms with Gasteiger partial charge in [0, 0.05) is 9.04 Å². The van der Waals surface area contributed by atoms with E-state index in [-0.39, 0.29) is 0 Å². The predicted octanol–water partition coefficient (Wildman–Crippen LogP) is -1.74. The highest BCUT2D eigenvalue weighted by Gasteiger charge is 1.82. The molecule has 0 amide bonds. The Bertz CT molecular complexity index is 29.4. The van der Waals surface area contributed by atoms with E-state index in [0.717, 1.165) is 5.75 Å². The monoisotopic (exact) mass is 166 g/mol. The van der Waals surface area contributed by atoms with E-state index in [9.17, 15) is 0 Å². The minimum atomic E-state index is 0.562. The van der Waals surface area contributed by atoms with E-state index in [1.54, 1.807) is 15.8 Å². The fourth-order valence-electron chi connectivity index (χ4n) is 0.539. The summed E-state index contributed by atoms with van der Waals surface area (Å²) < 4.78 is 0. The molecule has 0 bridgehead atoms. The highest BCUT2D eigenvalue weighted by atomic mass is 32.1. The molecule has 0 aliphatic rings.